The van der Waals surface area contributed by atoms with Crippen LogP contribution in [0.3, 0.4) is 0 Å². The molecule has 0 aliphatic heterocycles. The largest absolute Gasteiger partial charge is 0.353 e. The molecule has 0 rings (SSSR count). The quantitative estimate of drug-likeness (QED) is 0.204. The maximum atomic E-state index is 5.36. The lowest BCUT2D eigenvalue weighted by Gasteiger charge is -2.20. The summed E-state index contributed by atoms with van der Waals surface area (Å²) in [6.07, 6.45) is 1.04. The molecule has 0 unspecified atom stereocenters. The molecule has 0 aromatic heterocycles. The molecule has 0 saturated carbocycles. The molecule has 16 heavy (non-hydrogen) atoms. The van der Waals surface area contributed by atoms with E-state index in [1.165, 1.54) is 0 Å². The van der Waals surface area contributed by atoms with Crippen LogP contribution in [0.5, 0.6) is 0 Å². The van der Waals surface area contributed by atoms with Crippen LogP contribution >= 0.6 is 0 Å². The number of rotatable bonds is 6. The molecule has 5 nitrogen and oxygen atoms in total. The number of nitrogens with two attached hydrogens (primary N) is 1. The van der Waals surface area contributed by atoms with Crippen molar-refractivity contribution < 1.29 is 0 Å². The van der Waals surface area contributed by atoms with Crippen LogP contribution in [0.1, 0.15) is 34.1 Å². The molecular weight excluding hydrogens is 202 g/mol. The number of aliphatic imine (C=N–C) groups is 1. The van der Waals surface area contributed by atoms with Gasteiger partial charge in [-0.05, 0) is 47.7 Å². The van der Waals surface area contributed by atoms with Crippen molar-refractivity contribution in [2.45, 2.75) is 46.2 Å². The molecular formula is C11H27N5. The van der Waals surface area contributed by atoms with Crippen LogP contribution in [-0.2, 0) is 0 Å². The van der Waals surface area contributed by atoms with Gasteiger partial charge < -0.3 is 10.2 Å². The van der Waals surface area contributed by atoms with Crippen molar-refractivity contribution in [3.05, 3.63) is 0 Å². The SMILES string of the molecule is CC(C)NC(=NCCCN(C)C(C)C)NN. The first-order valence-corrected chi connectivity index (χ1v) is 5.95. The molecule has 0 amide bonds. The Bertz CT molecular complexity index is 201. The minimum Gasteiger partial charge on any atom is -0.353 e. The van der Waals surface area contributed by atoms with Gasteiger partial charge in [-0.2, -0.15) is 0 Å². The second-order valence-corrected chi connectivity index (χ2v) is 4.60. The summed E-state index contributed by atoms with van der Waals surface area (Å²) in [5.41, 5.74) is 2.57. The van der Waals surface area contributed by atoms with Crippen molar-refractivity contribution in [3.8, 4) is 0 Å². The monoisotopic (exact) mass is 229 g/mol. The highest BCUT2D eigenvalue weighted by molar-refractivity contribution is 5.79. The van der Waals surface area contributed by atoms with Crippen LogP contribution in [0.4, 0.5) is 0 Å². The standard InChI is InChI=1S/C11H27N5/c1-9(2)14-11(15-12)13-7-6-8-16(5)10(3)4/h9-10H,6-8,12H2,1-5H3,(H2,13,14,15). The smallest absolute Gasteiger partial charge is 0.205 e. The van der Waals surface area contributed by atoms with E-state index in [9.17, 15) is 0 Å². The maximum absolute atomic E-state index is 5.36. The summed E-state index contributed by atoms with van der Waals surface area (Å²) < 4.78 is 0. The highest BCUT2D eigenvalue weighted by Crippen LogP contribution is 1.95. The van der Waals surface area contributed by atoms with Crippen molar-refractivity contribution in [1.29, 1.82) is 0 Å². The summed E-state index contributed by atoms with van der Waals surface area (Å²) in [5, 5.41) is 3.14. The Hall–Kier alpha value is -0.810. The average molecular weight is 229 g/mol. The fourth-order valence-electron chi connectivity index (χ4n) is 1.18. The molecule has 4 N–H and O–H groups in total. The lowest BCUT2D eigenvalue weighted by atomic mass is 10.3. The Kier molecular flexibility index (Phi) is 7.93. The summed E-state index contributed by atoms with van der Waals surface area (Å²) in [6, 6.07) is 0.929. The van der Waals surface area contributed by atoms with Gasteiger partial charge in [-0.3, -0.25) is 10.4 Å². The fourth-order valence-corrected chi connectivity index (χ4v) is 1.18. The van der Waals surface area contributed by atoms with Gasteiger partial charge in [-0.25, -0.2) is 5.84 Å². The zero-order valence-electron chi connectivity index (χ0n) is 11.2. The summed E-state index contributed by atoms with van der Waals surface area (Å²) in [5.74, 6) is 6.03. The molecule has 0 fully saturated rings. The van der Waals surface area contributed by atoms with Crippen molar-refractivity contribution >= 4 is 5.96 Å². The molecule has 0 aliphatic carbocycles. The molecule has 0 saturated heterocycles. The first-order chi connectivity index (χ1) is 7.47. The van der Waals surface area contributed by atoms with Gasteiger partial charge in [0.25, 0.3) is 0 Å². The fraction of sp³-hybridized carbons (Fsp3) is 0.909. The van der Waals surface area contributed by atoms with Gasteiger partial charge in [0.2, 0.25) is 5.96 Å². The molecule has 96 valence electrons. The predicted octanol–water partition coefficient (Wildman–Crippen LogP) is 0.534. The van der Waals surface area contributed by atoms with Crippen LogP contribution in [0.2, 0.25) is 0 Å². The van der Waals surface area contributed by atoms with E-state index < -0.39 is 0 Å². The van der Waals surface area contributed by atoms with Crippen LogP contribution < -0.4 is 16.6 Å². The van der Waals surface area contributed by atoms with Gasteiger partial charge >= 0.3 is 0 Å². The van der Waals surface area contributed by atoms with Crippen molar-refractivity contribution in [2.24, 2.45) is 10.8 Å². The first-order valence-electron chi connectivity index (χ1n) is 5.95. The number of hydrogen-bond donors (Lipinski definition) is 3. The second kappa shape index (κ2) is 8.35. The zero-order chi connectivity index (χ0) is 12.6. The minimum absolute atomic E-state index is 0.341. The molecule has 0 aliphatic rings. The molecule has 5 heteroatoms. The molecule has 0 atom stereocenters. The molecule has 0 aromatic carbocycles. The van der Waals surface area contributed by atoms with E-state index in [0.717, 1.165) is 19.5 Å². The van der Waals surface area contributed by atoms with Gasteiger partial charge in [0.15, 0.2) is 0 Å². The van der Waals surface area contributed by atoms with E-state index in [4.69, 9.17) is 5.84 Å². The third-order valence-electron chi connectivity index (χ3n) is 2.38. The highest BCUT2D eigenvalue weighted by Gasteiger charge is 2.02. The molecule has 0 spiro atoms. The Labute approximate surface area is 99.5 Å². The average Bonchev–Trinajstić information content (AvgIpc) is 2.21. The molecule has 0 bridgehead atoms. The Morgan fingerprint density at radius 3 is 2.38 bits per heavy atom. The third kappa shape index (κ3) is 7.48. The first kappa shape index (κ1) is 15.2. The van der Waals surface area contributed by atoms with E-state index in [-0.39, 0.29) is 0 Å². The highest BCUT2D eigenvalue weighted by atomic mass is 15.3. The Morgan fingerprint density at radius 2 is 1.94 bits per heavy atom. The van der Waals surface area contributed by atoms with Gasteiger partial charge in [-0.15, -0.1) is 0 Å². The Morgan fingerprint density at radius 1 is 1.31 bits per heavy atom. The lowest BCUT2D eigenvalue weighted by Crippen LogP contribution is -2.44. The van der Waals surface area contributed by atoms with Crippen LogP contribution in [0, 0.1) is 0 Å². The van der Waals surface area contributed by atoms with Crippen LogP contribution in [0.25, 0.3) is 0 Å². The predicted molar refractivity (Wildman–Crippen MR) is 70.3 cm³/mol. The Balaban J connectivity index is 3.79. The molecule has 0 radical (unpaired) electrons. The number of hydrogen-bond acceptors (Lipinski definition) is 3. The third-order valence-corrected chi connectivity index (χ3v) is 2.38. The number of nitrogens with one attached hydrogen (secondary N) is 2. The number of nitrogens with zero attached hydrogens (tertiary/aromatic N) is 2. The summed E-state index contributed by atoms with van der Waals surface area (Å²) in [7, 11) is 2.13. The normalized spacial score (nSPS) is 12.7. The van der Waals surface area contributed by atoms with Gasteiger partial charge in [0, 0.05) is 18.6 Å². The summed E-state index contributed by atoms with van der Waals surface area (Å²) in [4.78, 5) is 6.66. The second-order valence-electron chi connectivity index (χ2n) is 4.60. The van der Waals surface area contributed by atoms with E-state index in [2.05, 4.69) is 55.4 Å². The van der Waals surface area contributed by atoms with Gasteiger partial charge in [0.05, 0.1) is 0 Å². The number of hydrazine groups is 1. The van der Waals surface area contributed by atoms with E-state index in [1.807, 2.05) is 0 Å². The maximum Gasteiger partial charge on any atom is 0.205 e. The van der Waals surface area contributed by atoms with E-state index >= 15 is 0 Å². The van der Waals surface area contributed by atoms with Crippen LogP contribution in [0.15, 0.2) is 4.99 Å². The summed E-state index contributed by atoms with van der Waals surface area (Å²) in [6.45, 7) is 10.3. The van der Waals surface area contributed by atoms with E-state index in [0.29, 0.717) is 18.0 Å². The van der Waals surface area contributed by atoms with Crippen molar-refractivity contribution in [2.75, 3.05) is 20.1 Å². The van der Waals surface area contributed by atoms with Gasteiger partial charge in [0.1, 0.15) is 0 Å². The molecule has 0 heterocycles. The number of guanidine groups is 1. The van der Waals surface area contributed by atoms with Crippen molar-refractivity contribution in [3.63, 3.8) is 0 Å². The van der Waals surface area contributed by atoms with Gasteiger partial charge in [-0.1, -0.05) is 0 Å². The van der Waals surface area contributed by atoms with E-state index in [1.54, 1.807) is 0 Å². The lowest BCUT2D eigenvalue weighted by molar-refractivity contribution is 0.272. The molecule has 0 aromatic rings. The topological polar surface area (TPSA) is 65.7 Å². The van der Waals surface area contributed by atoms with Crippen molar-refractivity contribution in [1.82, 2.24) is 15.6 Å². The summed E-state index contributed by atoms with van der Waals surface area (Å²) >= 11 is 0. The minimum atomic E-state index is 0.341. The zero-order valence-corrected chi connectivity index (χ0v) is 11.2. The van der Waals surface area contributed by atoms with Crippen LogP contribution in [-0.4, -0.2) is 43.1 Å².